The highest BCUT2D eigenvalue weighted by Gasteiger charge is 2.25. The second-order valence-corrected chi connectivity index (χ2v) is 10.0. The SMILES string of the molecule is CCCCCCC(OC1=CCC(C2=CCC(Cl)C=C2)C=C1)C1C=CC(C(=O)NCCC(=O)O)=CC1. The number of unbranched alkanes of at least 4 members (excludes halogenated alkanes) is 3. The van der Waals surface area contributed by atoms with Gasteiger partial charge in [0.15, 0.2) is 0 Å². The van der Waals surface area contributed by atoms with Crippen molar-refractivity contribution in [2.45, 2.75) is 76.2 Å². The molecule has 0 aromatic carbocycles. The number of carbonyl (C=O) groups is 2. The van der Waals surface area contributed by atoms with Crippen LogP contribution in [0.4, 0.5) is 0 Å². The number of carboxylic acids is 1. The van der Waals surface area contributed by atoms with E-state index in [4.69, 9.17) is 21.4 Å². The predicted octanol–water partition coefficient (Wildman–Crippen LogP) is 6.39. The van der Waals surface area contributed by atoms with Crippen molar-refractivity contribution in [3.05, 3.63) is 71.6 Å². The maximum Gasteiger partial charge on any atom is 0.305 e. The van der Waals surface area contributed by atoms with Gasteiger partial charge in [0.25, 0.3) is 5.91 Å². The maximum atomic E-state index is 12.3. The molecule has 0 radical (unpaired) electrons. The van der Waals surface area contributed by atoms with Crippen LogP contribution >= 0.6 is 11.6 Å². The van der Waals surface area contributed by atoms with Crippen molar-refractivity contribution in [3.63, 3.8) is 0 Å². The minimum absolute atomic E-state index is 0.0502. The molecular weight excluding hydrogens is 462 g/mol. The molecule has 5 nitrogen and oxygen atoms in total. The first-order valence-corrected chi connectivity index (χ1v) is 13.4. The van der Waals surface area contributed by atoms with Gasteiger partial charge in [-0.1, -0.05) is 68.7 Å². The fourth-order valence-corrected chi connectivity index (χ4v) is 4.76. The van der Waals surface area contributed by atoms with E-state index in [1.807, 2.05) is 12.2 Å². The first kappa shape index (κ1) is 27.1. The molecule has 0 aliphatic heterocycles. The molecular formula is C29H38ClNO4. The third kappa shape index (κ3) is 8.88. The molecule has 4 atom stereocenters. The van der Waals surface area contributed by atoms with Crippen molar-refractivity contribution in [3.8, 4) is 0 Å². The number of carbonyl (C=O) groups excluding carboxylic acids is 1. The Morgan fingerprint density at radius 2 is 1.91 bits per heavy atom. The van der Waals surface area contributed by atoms with E-state index in [-0.39, 0.29) is 36.3 Å². The number of ether oxygens (including phenoxy) is 1. The van der Waals surface area contributed by atoms with E-state index in [2.05, 4.69) is 54.8 Å². The van der Waals surface area contributed by atoms with E-state index in [1.54, 1.807) is 0 Å². The summed E-state index contributed by atoms with van der Waals surface area (Å²) in [6, 6.07) is 0. The second-order valence-electron chi connectivity index (χ2n) is 9.45. The number of carboxylic acid groups (broad SMARTS) is 1. The average Bonchev–Trinajstić information content (AvgIpc) is 2.86. The summed E-state index contributed by atoms with van der Waals surface area (Å²) in [5.41, 5.74) is 1.91. The summed E-state index contributed by atoms with van der Waals surface area (Å²) in [7, 11) is 0. The zero-order valence-electron chi connectivity index (χ0n) is 20.6. The van der Waals surface area contributed by atoms with E-state index in [1.165, 1.54) is 24.8 Å². The zero-order chi connectivity index (χ0) is 25.0. The Kier molecular flexibility index (Phi) is 10.9. The number of alkyl halides is 1. The van der Waals surface area contributed by atoms with Gasteiger partial charge in [-0.15, -0.1) is 11.6 Å². The third-order valence-corrected chi connectivity index (χ3v) is 7.02. The Bertz CT molecular complexity index is 927. The number of halogens is 1. The lowest BCUT2D eigenvalue weighted by molar-refractivity contribution is -0.136. The van der Waals surface area contributed by atoms with Crippen LogP contribution in [0.15, 0.2) is 71.6 Å². The monoisotopic (exact) mass is 499 g/mol. The highest BCUT2D eigenvalue weighted by atomic mass is 35.5. The Balaban J connectivity index is 1.56. The molecule has 4 unspecified atom stereocenters. The topological polar surface area (TPSA) is 75.6 Å². The minimum Gasteiger partial charge on any atom is -0.490 e. The number of hydrogen-bond acceptors (Lipinski definition) is 3. The number of amides is 1. The minimum atomic E-state index is -0.921. The molecule has 0 aromatic rings. The standard InChI is InChI=1S/C29H38ClNO4/c1-2-3-4-5-6-27(23-7-9-24(10-8-23)29(34)31-20-19-28(32)33)35-26-17-13-22(14-18-26)21-11-15-25(30)16-12-21/h7,9-13,15,17-18,22-23,25,27H,2-6,8,14,16,19-20H2,1H3,(H,31,34)(H,32,33). The fourth-order valence-electron chi connectivity index (χ4n) is 4.59. The van der Waals surface area contributed by atoms with Gasteiger partial charge in [0, 0.05) is 24.0 Å². The van der Waals surface area contributed by atoms with Gasteiger partial charge in [0.05, 0.1) is 11.8 Å². The number of aliphatic carboxylic acids is 1. The molecule has 0 heterocycles. The Morgan fingerprint density at radius 3 is 2.54 bits per heavy atom. The normalized spacial score (nSPS) is 24.3. The van der Waals surface area contributed by atoms with E-state index < -0.39 is 5.97 Å². The molecule has 0 bridgehead atoms. The van der Waals surface area contributed by atoms with E-state index >= 15 is 0 Å². The summed E-state index contributed by atoms with van der Waals surface area (Å²) >= 11 is 6.16. The molecule has 0 spiro atoms. The predicted molar refractivity (Wildman–Crippen MR) is 141 cm³/mol. The molecule has 0 fully saturated rings. The van der Waals surface area contributed by atoms with Crippen LogP contribution in [-0.2, 0) is 14.3 Å². The fraction of sp³-hybridized carbons (Fsp3) is 0.517. The number of hydrogen-bond donors (Lipinski definition) is 2. The first-order valence-electron chi connectivity index (χ1n) is 12.9. The van der Waals surface area contributed by atoms with Crippen molar-refractivity contribution in [2.75, 3.05) is 6.54 Å². The molecule has 3 rings (SSSR count). The van der Waals surface area contributed by atoms with Crippen LogP contribution in [0.1, 0.15) is 64.7 Å². The second kappa shape index (κ2) is 14.1. The summed E-state index contributed by atoms with van der Waals surface area (Å²) < 4.78 is 6.52. The van der Waals surface area contributed by atoms with Crippen LogP contribution in [0.25, 0.3) is 0 Å². The van der Waals surface area contributed by atoms with Gasteiger partial charge in [-0.3, -0.25) is 9.59 Å². The van der Waals surface area contributed by atoms with Crippen molar-refractivity contribution < 1.29 is 19.4 Å². The number of allylic oxidation sites excluding steroid dienone is 8. The summed E-state index contributed by atoms with van der Waals surface area (Å²) in [6.45, 7) is 2.34. The summed E-state index contributed by atoms with van der Waals surface area (Å²) in [5, 5.41) is 11.5. The lowest BCUT2D eigenvalue weighted by Gasteiger charge is -2.29. The Labute approximate surface area is 214 Å². The van der Waals surface area contributed by atoms with Crippen molar-refractivity contribution in [1.29, 1.82) is 0 Å². The Morgan fingerprint density at radius 1 is 1.06 bits per heavy atom. The van der Waals surface area contributed by atoms with Crippen LogP contribution in [0.2, 0.25) is 0 Å². The smallest absolute Gasteiger partial charge is 0.305 e. The van der Waals surface area contributed by atoms with Gasteiger partial charge in [-0.2, -0.15) is 0 Å². The van der Waals surface area contributed by atoms with Gasteiger partial charge >= 0.3 is 5.97 Å². The zero-order valence-corrected chi connectivity index (χ0v) is 21.4. The molecule has 35 heavy (non-hydrogen) atoms. The van der Waals surface area contributed by atoms with Crippen LogP contribution < -0.4 is 5.32 Å². The summed E-state index contributed by atoms with van der Waals surface area (Å²) in [5.74, 6) is 0.341. The summed E-state index contributed by atoms with van der Waals surface area (Å²) in [4.78, 5) is 23.0. The van der Waals surface area contributed by atoms with Gasteiger partial charge in [-0.25, -0.2) is 0 Å². The molecule has 6 heteroatoms. The molecule has 190 valence electrons. The maximum absolute atomic E-state index is 12.3. The molecule has 3 aliphatic rings. The highest BCUT2D eigenvalue weighted by molar-refractivity contribution is 6.22. The van der Waals surface area contributed by atoms with Crippen molar-refractivity contribution in [2.24, 2.45) is 11.8 Å². The quantitative estimate of drug-likeness (QED) is 0.227. The molecule has 0 aromatic heterocycles. The first-order chi connectivity index (χ1) is 17.0. The van der Waals surface area contributed by atoms with Gasteiger partial charge < -0.3 is 15.2 Å². The van der Waals surface area contributed by atoms with E-state index in [9.17, 15) is 9.59 Å². The molecule has 2 N–H and O–H groups in total. The van der Waals surface area contributed by atoms with Crippen molar-refractivity contribution >= 4 is 23.5 Å². The van der Waals surface area contributed by atoms with Crippen LogP contribution in [0.5, 0.6) is 0 Å². The van der Waals surface area contributed by atoms with Crippen molar-refractivity contribution in [1.82, 2.24) is 5.32 Å². The molecule has 1 amide bonds. The number of nitrogens with one attached hydrogen (secondary N) is 1. The molecule has 0 saturated carbocycles. The third-order valence-electron chi connectivity index (χ3n) is 6.70. The van der Waals surface area contributed by atoms with Crippen LogP contribution in [0, 0.1) is 11.8 Å². The van der Waals surface area contributed by atoms with Crippen LogP contribution in [0.3, 0.4) is 0 Å². The molecule has 0 saturated heterocycles. The largest absolute Gasteiger partial charge is 0.490 e. The highest BCUT2D eigenvalue weighted by Crippen LogP contribution is 2.32. The Hall–Kier alpha value is -2.53. The van der Waals surface area contributed by atoms with E-state index in [0.717, 1.165) is 37.9 Å². The average molecular weight is 500 g/mol. The van der Waals surface area contributed by atoms with Crippen LogP contribution in [-0.4, -0.2) is 35.0 Å². The number of rotatable bonds is 13. The van der Waals surface area contributed by atoms with Gasteiger partial charge in [0.1, 0.15) is 11.9 Å². The van der Waals surface area contributed by atoms with Gasteiger partial charge in [0.2, 0.25) is 0 Å². The van der Waals surface area contributed by atoms with E-state index in [0.29, 0.717) is 11.5 Å². The lowest BCUT2D eigenvalue weighted by atomic mass is 9.87. The lowest BCUT2D eigenvalue weighted by Crippen LogP contribution is -2.29. The molecule has 3 aliphatic carbocycles. The van der Waals surface area contributed by atoms with Gasteiger partial charge in [-0.05, 0) is 49.8 Å². The summed E-state index contributed by atoms with van der Waals surface area (Å²) in [6.07, 6.45) is 27.0.